The lowest BCUT2D eigenvalue weighted by Gasteiger charge is -2.43. The van der Waals surface area contributed by atoms with Crippen LogP contribution in [0.25, 0.3) is 0 Å². The maximum absolute atomic E-state index is 13.1. The van der Waals surface area contributed by atoms with Crippen LogP contribution < -0.4 is 5.32 Å². The maximum Gasteiger partial charge on any atom is 0.269 e. The number of benzene rings is 3. The summed E-state index contributed by atoms with van der Waals surface area (Å²) >= 11 is 0. The molecule has 0 aliphatic carbocycles. The van der Waals surface area contributed by atoms with Crippen molar-refractivity contribution in [1.82, 2.24) is 10.2 Å². The van der Waals surface area contributed by atoms with Gasteiger partial charge in [0.1, 0.15) is 0 Å². The molecule has 8 heteroatoms. The number of nitro groups is 1. The minimum absolute atomic E-state index is 0. The van der Waals surface area contributed by atoms with Crippen molar-refractivity contribution in [3.63, 3.8) is 0 Å². The van der Waals surface area contributed by atoms with Gasteiger partial charge in [0, 0.05) is 46.0 Å². The lowest BCUT2D eigenvalue weighted by atomic mass is 9.68. The Bertz CT molecular complexity index is 1550. The van der Waals surface area contributed by atoms with Gasteiger partial charge in [0.15, 0.2) is 11.6 Å². The highest BCUT2D eigenvalue weighted by Crippen LogP contribution is 2.43. The molecule has 1 atom stereocenters. The number of ketones is 2. The average molecular weight is 628 g/mol. The monoisotopic (exact) mass is 627 g/mol. The molecule has 0 spiro atoms. The van der Waals surface area contributed by atoms with Crippen LogP contribution in [0, 0.1) is 10.1 Å². The van der Waals surface area contributed by atoms with Gasteiger partial charge in [0.25, 0.3) is 5.69 Å². The zero-order chi connectivity index (χ0) is 31.3. The summed E-state index contributed by atoms with van der Waals surface area (Å²) in [4.78, 5) is 39.5. The van der Waals surface area contributed by atoms with E-state index in [1.54, 1.807) is 12.1 Å². The number of allylic oxidation sites excluding steroid dienone is 4. The molecule has 5 rings (SSSR count). The molecule has 0 bridgehead atoms. The summed E-state index contributed by atoms with van der Waals surface area (Å²) in [6.45, 7) is 7.85. The summed E-state index contributed by atoms with van der Waals surface area (Å²) in [6.07, 6.45) is 4.64. The zero-order valence-corrected chi connectivity index (χ0v) is 27.1. The lowest BCUT2D eigenvalue weighted by molar-refractivity contribution is -0.384. The molecule has 2 aliphatic heterocycles. The summed E-state index contributed by atoms with van der Waals surface area (Å²) in [6, 6.07) is 28.0. The number of hydrogen-bond acceptors (Lipinski definition) is 6. The van der Waals surface area contributed by atoms with Crippen molar-refractivity contribution in [3.8, 4) is 0 Å². The normalized spacial score (nSPS) is 18.2. The molecule has 7 nitrogen and oxygen atoms in total. The van der Waals surface area contributed by atoms with Crippen LogP contribution in [0.4, 0.5) is 5.69 Å². The molecule has 0 aromatic heterocycles. The molecule has 236 valence electrons. The molecule has 45 heavy (non-hydrogen) atoms. The first kappa shape index (κ1) is 33.8. The molecule has 2 aliphatic rings. The summed E-state index contributed by atoms with van der Waals surface area (Å²) in [7, 11) is 0. The highest BCUT2D eigenvalue weighted by atomic mass is 35.5. The van der Waals surface area contributed by atoms with Crippen LogP contribution in [0.1, 0.15) is 75.5 Å². The van der Waals surface area contributed by atoms with Gasteiger partial charge in [-0.2, -0.15) is 0 Å². The third kappa shape index (κ3) is 7.26. The fourth-order valence-corrected chi connectivity index (χ4v) is 7.18. The Hall–Kier alpha value is -4.07. The van der Waals surface area contributed by atoms with E-state index in [9.17, 15) is 19.7 Å². The molecule has 1 fully saturated rings. The topological polar surface area (TPSA) is 92.6 Å². The minimum atomic E-state index is -0.632. The predicted octanol–water partition coefficient (Wildman–Crippen LogP) is 7.66. The van der Waals surface area contributed by atoms with Gasteiger partial charge in [0.05, 0.1) is 4.92 Å². The van der Waals surface area contributed by atoms with Gasteiger partial charge < -0.3 is 10.2 Å². The van der Waals surface area contributed by atoms with Crippen LogP contribution >= 0.6 is 12.4 Å². The van der Waals surface area contributed by atoms with Gasteiger partial charge in [0.2, 0.25) is 0 Å². The van der Waals surface area contributed by atoms with Crippen molar-refractivity contribution < 1.29 is 14.5 Å². The van der Waals surface area contributed by atoms with Crippen molar-refractivity contribution in [1.29, 1.82) is 0 Å². The predicted molar refractivity (Wildman–Crippen MR) is 180 cm³/mol. The second-order valence-electron chi connectivity index (χ2n) is 12.1. The number of unbranched alkanes of at least 4 members (excludes halogenated alkanes) is 1. The number of piperidine rings is 1. The molecule has 0 amide bonds. The second-order valence-corrected chi connectivity index (χ2v) is 12.1. The van der Waals surface area contributed by atoms with E-state index in [0.717, 1.165) is 51.0 Å². The van der Waals surface area contributed by atoms with E-state index in [1.165, 1.54) is 37.1 Å². The van der Waals surface area contributed by atoms with Gasteiger partial charge in [-0.25, -0.2) is 0 Å². The smallest absolute Gasteiger partial charge is 0.269 e. The first-order valence-corrected chi connectivity index (χ1v) is 15.5. The second kappa shape index (κ2) is 14.8. The fraction of sp³-hybridized carbons (Fsp3) is 0.351. The van der Waals surface area contributed by atoms with Crippen LogP contribution in [0.3, 0.4) is 0 Å². The molecule has 2 heterocycles. The number of carbonyl (C=O) groups excluding carboxylic acids is 2. The number of carbonyl (C=O) groups is 2. The van der Waals surface area contributed by atoms with Crippen molar-refractivity contribution in [2.24, 2.45) is 0 Å². The molecule has 3 aromatic carbocycles. The van der Waals surface area contributed by atoms with Crippen LogP contribution in [0.2, 0.25) is 0 Å². The van der Waals surface area contributed by atoms with E-state index in [1.807, 2.05) is 6.92 Å². The number of dihydropyridines is 1. The summed E-state index contributed by atoms with van der Waals surface area (Å²) in [5.41, 5.74) is 5.81. The minimum Gasteiger partial charge on any atom is -0.362 e. The number of hydrogen-bond donors (Lipinski definition) is 1. The standard InChI is InChI=1S/C37H41N3O4.ClH/c1-26-34(27(2)41)36(29-13-12-18-32(25-29)40(43)44)35(28(3)42)33(38-26)19-10-11-22-39-23-20-37(21-24-39,30-14-6-4-7-15-30)31-16-8-5-9-17-31;/h4-9,12-18,25,36,38H,10-11,19-24H2,1-3H3;1H. The number of rotatable bonds is 11. The summed E-state index contributed by atoms with van der Waals surface area (Å²) < 4.78 is 0. The number of likely N-dealkylation sites (tertiary alicyclic amines) is 1. The zero-order valence-electron chi connectivity index (χ0n) is 26.3. The van der Waals surface area contributed by atoms with Crippen LogP contribution in [-0.2, 0) is 15.0 Å². The highest BCUT2D eigenvalue weighted by molar-refractivity contribution is 6.03. The number of non-ortho nitro benzene ring substituents is 1. The van der Waals surface area contributed by atoms with Crippen molar-refractivity contribution >= 4 is 29.7 Å². The number of nitro benzene ring substituents is 1. The van der Waals surface area contributed by atoms with Gasteiger partial charge in [-0.05, 0) is 89.2 Å². The Labute approximate surface area is 272 Å². The highest BCUT2D eigenvalue weighted by Gasteiger charge is 2.38. The largest absolute Gasteiger partial charge is 0.362 e. The quantitative estimate of drug-likeness (QED) is 0.133. The molecular formula is C37H42ClN3O4. The third-order valence-electron chi connectivity index (χ3n) is 9.33. The Kier molecular flexibility index (Phi) is 11.1. The first-order chi connectivity index (χ1) is 21.2. The molecule has 1 unspecified atom stereocenters. The van der Waals surface area contributed by atoms with E-state index < -0.39 is 10.8 Å². The van der Waals surface area contributed by atoms with Crippen LogP contribution in [-0.4, -0.2) is 41.0 Å². The maximum atomic E-state index is 13.1. The van der Waals surface area contributed by atoms with Gasteiger partial charge in [-0.3, -0.25) is 19.7 Å². The summed E-state index contributed by atoms with van der Waals surface area (Å²) in [5, 5.41) is 14.9. The molecular weight excluding hydrogens is 586 g/mol. The van der Waals surface area contributed by atoms with Crippen molar-refractivity contribution in [3.05, 3.63) is 134 Å². The van der Waals surface area contributed by atoms with Crippen LogP contribution in [0.5, 0.6) is 0 Å². The SMILES string of the molecule is CC(=O)C1=C(C)NC(CCCCN2CCC(c3ccccc3)(c3ccccc3)CC2)=C(C(C)=O)C1c1cccc([N+](=O)[O-])c1.Cl. The van der Waals surface area contributed by atoms with Gasteiger partial charge in [-0.15, -0.1) is 12.4 Å². The van der Waals surface area contributed by atoms with Crippen LogP contribution in [0.15, 0.2) is 107 Å². The van der Waals surface area contributed by atoms with Crippen molar-refractivity contribution in [2.45, 2.75) is 64.2 Å². The molecule has 0 saturated carbocycles. The van der Waals surface area contributed by atoms with E-state index in [2.05, 4.69) is 70.9 Å². The number of nitrogens with one attached hydrogen (secondary N) is 1. The van der Waals surface area contributed by atoms with Crippen molar-refractivity contribution in [2.75, 3.05) is 19.6 Å². The molecule has 0 radical (unpaired) electrons. The number of nitrogens with zero attached hydrogens (tertiary/aromatic N) is 2. The van der Waals surface area contributed by atoms with E-state index >= 15 is 0 Å². The molecule has 1 saturated heterocycles. The third-order valence-corrected chi connectivity index (χ3v) is 9.33. The van der Waals surface area contributed by atoms with E-state index in [0.29, 0.717) is 28.8 Å². The average Bonchev–Trinajstić information content (AvgIpc) is 3.03. The van der Waals surface area contributed by atoms with E-state index in [-0.39, 0.29) is 35.1 Å². The molecule has 3 aromatic rings. The summed E-state index contributed by atoms with van der Waals surface area (Å²) in [5.74, 6) is -0.923. The van der Waals surface area contributed by atoms with Gasteiger partial charge >= 0.3 is 0 Å². The van der Waals surface area contributed by atoms with E-state index in [4.69, 9.17) is 0 Å². The number of halogens is 1. The fourth-order valence-electron chi connectivity index (χ4n) is 7.18. The Morgan fingerprint density at radius 2 is 1.44 bits per heavy atom. The first-order valence-electron chi connectivity index (χ1n) is 15.5. The Balaban J connectivity index is 0.00000461. The molecule has 1 N–H and O–H groups in total. The Morgan fingerprint density at radius 3 is 1.98 bits per heavy atom. The number of Topliss-reactive ketones (excluding diaryl/α,β-unsaturated/α-hetero) is 2. The Morgan fingerprint density at radius 1 is 0.867 bits per heavy atom. The van der Waals surface area contributed by atoms with Gasteiger partial charge in [-0.1, -0.05) is 72.8 Å². The lowest BCUT2D eigenvalue weighted by Crippen LogP contribution is -2.43.